The Bertz CT molecular complexity index is 847. The van der Waals surface area contributed by atoms with Gasteiger partial charge in [-0.1, -0.05) is 49.1 Å². The number of ketones is 1. The number of hydrogen-bond donors (Lipinski definition) is 1. The Labute approximate surface area is 179 Å². The zero-order valence-corrected chi connectivity index (χ0v) is 18.0. The summed E-state index contributed by atoms with van der Waals surface area (Å²) >= 11 is 0. The molecule has 1 heterocycles. The molecule has 1 N–H and O–H groups in total. The molecule has 0 bridgehead atoms. The number of rotatable bonds is 5. The minimum atomic E-state index is -0.0960. The number of allylic oxidation sites excluding steroid dienone is 2. The van der Waals surface area contributed by atoms with Crippen LogP contribution in [-0.2, 0) is 31.3 Å². The molecule has 0 saturated carbocycles. The number of pyridine rings is 1. The Morgan fingerprint density at radius 3 is 2.36 bits per heavy atom. The molecule has 28 heavy (non-hydrogen) atoms. The topological polar surface area (TPSA) is 50.2 Å². The number of hydrogen-bond acceptors (Lipinski definition) is 3. The number of carbonyl (C=O) groups is 1. The van der Waals surface area contributed by atoms with E-state index in [0.29, 0.717) is 6.42 Å². The van der Waals surface area contributed by atoms with Gasteiger partial charge < -0.3 is 10.1 Å². The van der Waals surface area contributed by atoms with Gasteiger partial charge in [0, 0.05) is 38.8 Å². The van der Waals surface area contributed by atoms with Crippen LogP contribution in [-0.4, -0.2) is 15.9 Å². The van der Waals surface area contributed by atoms with Crippen molar-refractivity contribution in [2.24, 2.45) is 0 Å². The van der Waals surface area contributed by atoms with Gasteiger partial charge in [-0.3, -0.25) is 4.79 Å². The summed E-state index contributed by atoms with van der Waals surface area (Å²) in [6.45, 7) is 5.14. The maximum Gasteiger partial charge on any atom is 0.163 e. The molecule has 3 nitrogen and oxygen atoms in total. The molecule has 0 amide bonds. The van der Waals surface area contributed by atoms with Crippen molar-refractivity contribution >= 4 is 11.9 Å². The van der Waals surface area contributed by atoms with Gasteiger partial charge in [0.1, 0.15) is 0 Å². The summed E-state index contributed by atoms with van der Waals surface area (Å²) < 4.78 is 0. The number of benzene rings is 2. The normalized spacial score (nSPS) is 10.1. The molecule has 0 atom stereocenters. The minimum Gasteiger partial charge on any atom is -0.512 e. The van der Waals surface area contributed by atoms with E-state index in [1.165, 1.54) is 13.0 Å². The summed E-state index contributed by atoms with van der Waals surface area (Å²) in [4.78, 5) is 15.5. The summed E-state index contributed by atoms with van der Waals surface area (Å²) in [7, 11) is 0. The molecule has 145 valence electrons. The van der Waals surface area contributed by atoms with Crippen molar-refractivity contribution in [1.29, 1.82) is 0 Å². The maximum atomic E-state index is 11.3. The SMILES string of the molecule is C=Cc1ccc(CC(=O)/C=C(/C)O)cc1.[Ir].[c-]1ccccc1-c1ccccn1. The zero-order chi connectivity index (χ0) is 19.5. The number of aromatic nitrogens is 1. The van der Waals surface area contributed by atoms with Gasteiger partial charge in [-0.15, -0.1) is 35.9 Å². The van der Waals surface area contributed by atoms with Crippen LogP contribution in [0.25, 0.3) is 17.3 Å². The van der Waals surface area contributed by atoms with Crippen LogP contribution in [0.1, 0.15) is 18.1 Å². The Balaban J connectivity index is 0.000000275. The first-order valence-electron chi connectivity index (χ1n) is 8.58. The first kappa shape index (κ1) is 23.2. The molecular weight excluding hydrogens is 526 g/mol. The average molecular weight is 549 g/mol. The van der Waals surface area contributed by atoms with Gasteiger partial charge >= 0.3 is 0 Å². The molecule has 0 aliphatic heterocycles. The van der Waals surface area contributed by atoms with Crippen molar-refractivity contribution < 1.29 is 30.0 Å². The monoisotopic (exact) mass is 549 g/mol. The number of aliphatic hydroxyl groups is 1. The van der Waals surface area contributed by atoms with Crippen LogP contribution in [0.4, 0.5) is 0 Å². The van der Waals surface area contributed by atoms with E-state index >= 15 is 0 Å². The second kappa shape index (κ2) is 12.6. The predicted molar refractivity (Wildman–Crippen MR) is 110 cm³/mol. The first-order chi connectivity index (χ1) is 13.1. The Morgan fingerprint density at radius 1 is 1.11 bits per heavy atom. The predicted octanol–water partition coefficient (Wildman–Crippen LogP) is 5.45. The van der Waals surface area contributed by atoms with Gasteiger partial charge in [0.2, 0.25) is 0 Å². The van der Waals surface area contributed by atoms with E-state index < -0.39 is 0 Å². The second-order valence-electron chi connectivity index (χ2n) is 5.87. The van der Waals surface area contributed by atoms with Gasteiger partial charge in [-0.05, 0) is 29.8 Å². The van der Waals surface area contributed by atoms with Crippen molar-refractivity contribution in [1.82, 2.24) is 4.98 Å². The summed E-state index contributed by atoms with van der Waals surface area (Å²) in [6.07, 6.45) is 5.09. The molecular formula is C24H22IrNO2-. The van der Waals surface area contributed by atoms with E-state index in [4.69, 9.17) is 5.11 Å². The summed E-state index contributed by atoms with van der Waals surface area (Å²) in [5, 5.41) is 8.91. The van der Waals surface area contributed by atoms with Crippen LogP contribution in [0.5, 0.6) is 0 Å². The molecule has 0 spiro atoms. The Morgan fingerprint density at radius 2 is 1.82 bits per heavy atom. The summed E-state index contributed by atoms with van der Waals surface area (Å²) in [5.41, 5.74) is 3.97. The molecule has 0 aliphatic carbocycles. The van der Waals surface area contributed by atoms with Crippen molar-refractivity contribution in [2.75, 3.05) is 0 Å². The third kappa shape index (κ3) is 8.26. The smallest absolute Gasteiger partial charge is 0.163 e. The van der Waals surface area contributed by atoms with Crippen LogP contribution in [0, 0.1) is 6.07 Å². The second-order valence-corrected chi connectivity index (χ2v) is 5.87. The molecule has 3 rings (SSSR count). The average Bonchev–Trinajstić information content (AvgIpc) is 2.70. The van der Waals surface area contributed by atoms with Crippen molar-refractivity contribution in [3.05, 3.63) is 109 Å². The quantitative estimate of drug-likeness (QED) is 0.262. The number of nitrogens with zero attached hydrogens (tertiary/aromatic N) is 1. The molecule has 4 heteroatoms. The van der Waals surface area contributed by atoms with Gasteiger partial charge in [0.25, 0.3) is 0 Å². The molecule has 3 aromatic rings. The molecule has 0 saturated heterocycles. The van der Waals surface area contributed by atoms with E-state index in [1.54, 1.807) is 12.3 Å². The van der Waals surface area contributed by atoms with Crippen LogP contribution in [0.2, 0.25) is 0 Å². The van der Waals surface area contributed by atoms with Crippen LogP contribution >= 0.6 is 0 Å². The summed E-state index contributed by atoms with van der Waals surface area (Å²) in [5.74, 6) is -0.0518. The fraction of sp³-hybridized carbons (Fsp3) is 0.0833. The van der Waals surface area contributed by atoms with Crippen LogP contribution < -0.4 is 0 Å². The molecule has 0 fully saturated rings. The van der Waals surface area contributed by atoms with Gasteiger partial charge in [-0.25, -0.2) is 0 Å². The van der Waals surface area contributed by atoms with Crippen molar-refractivity contribution in [3.63, 3.8) is 0 Å². The van der Waals surface area contributed by atoms with Crippen LogP contribution in [0.15, 0.2) is 91.3 Å². The molecule has 2 aromatic carbocycles. The molecule has 1 radical (unpaired) electrons. The Kier molecular flexibility index (Phi) is 10.4. The fourth-order valence-electron chi connectivity index (χ4n) is 2.33. The third-order valence-electron chi connectivity index (χ3n) is 3.61. The fourth-order valence-corrected chi connectivity index (χ4v) is 2.33. The Hall–Kier alpha value is -2.81. The van der Waals surface area contributed by atoms with E-state index in [2.05, 4.69) is 17.6 Å². The molecule has 1 aromatic heterocycles. The first-order valence-corrected chi connectivity index (χ1v) is 8.58. The van der Waals surface area contributed by atoms with Gasteiger partial charge in [-0.2, -0.15) is 0 Å². The van der Waals surface area contributed by atoms with Crippen molar-refractivity contribution in [3.8, 4) is 11.3 Å². The number of carbonyl (C=O) groups excluding carboxylic acids is 1. The molecule has 0 aliphatic rings. The van der Waals surface area contributed by atoms with E-state index in [1.807, 2.05) is 66.7 Å². The standard InChI is InChI=1S/C13H14O2.C11H8N.Ir/c1-3-11-4-6-12(7-5-11)9-13(15)8-10(2)14;1-2-6-10(7-3-1)11-8-4-5-9-12-11;/h3-8,14H,1,9H2,2H3;1-6,8-9H;/q;-1;/b10-8-;;. The van der Waals surface area contributed by atoms with Gasteiger partial charge in [0.15, 0.2) is 5.78 Å². The van der Waals surface area contributed by atoms with Crippen LogP contribution in [0.3, 0.4) is 0 Å². The van der Waals surface area contributed by atoms with E-state index in [9.17, 15) is 4.79 Å². The maximum absolute atomic E-state index is 11.3. The third-order valence-corrected chi connectivity index (χ3v) is 3.61. The van der Waals surface area contributed by atoms with Crippen molar-refractivity contribution in [2.45, 2.75) is 13.3 Å². The van der Waals surface area contributed by atoms with Gasteiger partial charge in [0.05, 0.1) is 5.76 Å². The zero-order valence-electron chi connectivity index (χ0n) is 15.6. The van der Waals surface area contributed by atoms with E-state index in [-0.39, 0.29) is 31.6 Å². The van der Waals surface area contributed by atoms with E-state index in [0.717, 1.165) is 22.4 Å². The molecule has 0 unspecified atom stereocenters. The largest absolute Gasteiger partial charge is 0.512 e. The minimum absolute atomic E-state index is 0. The summed E-state index contributed by atoms with van der Waals surface area (Å²) in [6, 6.07) is 24.4. The number of aliphatic hydroxyl groups excluding tert-OH is 1.